The Morgan fingerprint density at radius 1 is 1.26 bits per heavy atom. The fourth-order valence-electron chi connectivity index (χ4n) is 5.60. The fraction of sp³-hybridized carbons (Fsp3) is 0.731. The third-order valence-electron chi connectivity index (χ3n) is 7.78. The molecule has 5 heteroatoms. The van der Waals surface area contributed by atoms with Crippen LogP contribution in [-0.4, -0.2) is 34.4 Å². The van der Waals surface area contributed by atoms with Gasteiger partial charge < -0.3 is 9.64 Å². The highest BCUT2D eigenvalue weighted by Crippen LogP contribution is 2.47. The average Bonchev–Trinajstić information content (AvgIpc) is 3.49. The van der Waals surface area contributed by atoms with Gasteiger partial charge in [-0.25, -0.2) is 4.39 Å². The molecule has 2 aliphatic carbocycles. The second-order valence-electron chi connectivity index (χ2n) is 10.5. The van der Waals surface area contributed by atoms with Crippen LogP contribution < -0.4 is 4.74 Å². The molecule has 5 unspecified atom stereocenters. The Labute approximate surface area is 191 Å². The van der Waals surface area contributed by atoms with Crippen LogP contribution in [0.25, 0.3) is 0 Å². The number of carbonyl (C=O) groups is 1. The highest BCUT2D eigenvalue weighted by molar-refractivity contribution is 6.23. The van der Waals surface area contributed by atoms with Gasteiger partial charge in [-0.15, -0.1) is 11.6 Å². The zero-order valence-electron chi connectivity index (χ0n) is 19.4. The van der Waals surface area contributed by atoms with Crippen molar-refractivity contribution in [1.29, 1.82) is 0 Å². The Morgan fingerprint density at radius 3 is 2.61 bits per heavy atom. The summed E-state index contributed by atoms with van der Waals surface area (Å²) in [5.41, 5.74) is 1.22. The Kier molecular flexibility index (Phi) is 6.59. The van der Waals surface area contributed by atoms with E-state index in [9.17, 15) is 4.79 Å². The smallest absolute Gasteiger partial charge is 0.257 e. The monoisotopic (exact) mass is 449 g/mol. The first-order valence-electron chi connectivity index (χ1n) is 12.2. The molecule has 1 aromatic carbocycles. The molecule has 3 nitrogen and oxygen atoms in total. The predicted molar refractivity (Wildman–Crippen MR) is 124 cm³/mol. The first-order chi connectivity index (χ1) is 14.7. The summed E-state index contributed by atoms with van der Waals surface area (Å²) in [6.45, 7) is 9.30. The molecule has 3 fully saturated rings. The molecule has 1 heterocycles. The molecule has 5 atom stereocenters. The van der Waals surface area contributed by atoms with Gasteiger partial charge in [-0.3, -0.25) is 4.79 Å². The van der Waals surface area contributed by atoms with Crippen LogP contribution in [0.15, 0.2) is 12.1 Å². The second kappa shape index (κ2) is 8.92. The van der Waals surface area contributed by atoms with Gasteiger partial charge in [-0.1, -0.05) is 13.8 Å². The summed E-state index contributed by atoms with van der Waals surface area (Å²) >= 11 is 6.77. The van der Waals surface area contributed by atoms with Gasteiger partial charge in [-0.05, 0) is 94.6 Å². The van der Waals surface area contributed by atoms with E-state index in [2.05, 4.69) is 20.8 Å². The number of amides is 1. The minimum Gasteiger partial charge on any atom is -0.489 e. The van der Waals surface area contributed by atoms with Crippen LogP contribution in [0.1, 0.15) is 101 Å². The first-order valence-corrected chi connectivity index (χ1v) is 12.6. The van der Waals surface area contributed by atoms with Gasteiger partial charge in [0.1, 0.15) is 17.7 Å². The maximum atomic E-state index is 15.2. The molecule has 4 rings (SSSR count). The summed E-state index contributed by atoms with van der Waals surface area (Å²) in [5, 5.41) is 0. The fourth-order valence-corrected chi connectivity index (χ4v) is 5.91. The lowest BCUT2D eigenvalue weighted by atomic mass is 9.87. The molecular weight excluding hydrogens is 413 g/mol. The van der Waals surface area contributed by atoms with Crippen LogP contribution >= 0.6 is 11.6 Å². The third kappa shape index (κ3) is 4.89. The van der Waals surface area contributed by atoms with Crippen LogP contribution in [0.2, 0.25) is 0 Å². The normalized spacial score (nSPS) is 33.9. The number of carbonyl (C=O) groups excluding carboxylic acids is 1. The molecule has 0 aromatic heterocycles. The molecule has 31 heavy (non-hydrogen) atoms. The van der Waals surface area contributed by atoms with Gasteiger partial charge in [0, 0.05) is 23.5 Å². The van der Waals surface area contributed by atoms with Crippen LogP contribution in [0.5, 0.6) is 5.75 Å². The molecule has 1 aromatic rings. The Balaban J connectivity index is 1.64. The predicted octanol–water partition coefficient (Wildman–Crippen LogP) is 6.92. The zero-order chi connectivity index (χ0) is 22.3. The minimum atomic E-state index is -0.458. The second-order valence-corrected chi connectivity index (χ2v) is 11.4. The topological polar surface area (TPSA) is 29.5 Å². The summed E-state index contributed by atoms with van der Waals surface area (Å²) in [4.78, 5) is 14.7. The molecule has 1 aliphatic heterocycles. The first kappa shape index (κ1) is 22.9. The van der Waals surface area contributed by atoms with E-state index in [0.717, 1.165) is 56.9 Å². The number of nitrogens with zero attached hydrogens (tertiary/aromatic N) is 1. The van der Waals surface area contributed by atoms with E-state index in [4.69, 9.17) is 16.3 Å². The van der Waals surface area contributed by atoms with Crippen LogP contribution in [0.4, 0.5) is 4.39 Å². The minimum absolute atomic E-state index is 0.0163. The van der Waals surface area contributed by atoms with Crippen molar-refractivity contribution in [3.63, 3.8) is 0 Å². The lowest BCUT2D eigenvalue weighted by Crippen LogP contribution is -2.35. The number of benzene rings is 1. The summed E-state index contributed by atoms with van der Waals surface area (Å²) in [5.74, 6) is 1.06. The van der Waals surface area contributed by atoms with Gasteiger partial charge in [-0.2, -0.15) is 0 Å². The van der Waals surface area contributed by atoms with Crippen molar-refractivity contribution in [2.45, 2.75) is 102 Å². The van der Waals surface area contributed by atoms with E-state index in [1.54, 1.807) is 6.07 Å². The van der Waals surface area contributed by atoms with Gasteiger partial charge in [0.15, 0.2) is 0 Å². The number of hydrogen-bond donors (Lipinski definition) is 0. The van der Waals surface area contributed by atoms with Crippen LogP contribution in [0, 0.1) is 17.7 Å². The van der Waals surface area contributed by atoms with Crippen molar-refractivity contribution in [2.75, 3.05) is 6.54 Å². The summed E-state index contributed by atoms with van der Waals surface area (Å²) in [6, 6.07) is 3.46. The Hall–Kier alpha value is -1.29. The van der Waals surface area contributed by atoms with E-state index in [1.807, 2.05) is 11.8 Å². The zero-order valence-corrected chi connectivity index (χ0v) is 20.2. The van der Waals surface area contributed by atoms with Crippen molar-refractivity contribution < 1.29 is 13.9 Å². The highest BCUT2D eigenvalue weighted by atomic mass is 35.5. The van der Waals surface area contributed by atoms with Gasteiger partial charge in [0.05, 0.1) is 5.56 Å². The van der Waals surface area contributed by atoms with E-state index in [0.29, 0.717) is 30.0 Å². The molecule has 172 valence electrons. The van der Waals surface area contributed by atoms with Crippen molar-refractivity contribution in [1.82, 2.24) is 4.90 Å². The summed E-state index contributed by atoms with van der Waals surface area (Å²) < 4.78 is 21.8. The number of alkyl halides is 1. The number of hydrogen-bond acceptors (Lipinski definition) is 2. The van der Waals surface area contributed by atoms with Crippen molar-refractivity contribution in [2.24, 2.45) is 11.8 Å². The number of halogens is 2. The third-order valence-corrected chi connectivity index (χ3v) is 8.13. The SMILES string of the molecule is CCC1CC(C)(Cl)CCC(C)C1Oc1cc(F)c(C(=O)N2CCCC2C)cc1C1CC1. The van der Waals surface area contributed by atoms with E-state index in [-0.39, 0.29) is 28.5 Å². The maximum Gasteiger partial charge on any atom is 0.257 e. The van der Waals surface area contributed by atoms with Crippen LogP contribution in [-0.2, 0) is 0 Å². The van der Waals surface area contributed by atoms with Crippen molar-refractivity contribution >= 4 is 17.5 Å². The summed E-state index contributed by atoms with van der Waals surface area (Å²) in [6.07, 6.45) is 8.02. The van der Waals surface area contributed by atoms with E-state index in [1.165, 1.54) is 6.07 Å². The van der Waals surface area contributed by atoms with E-state index < -0.39 is 5.82 Å². The number of likely N-dealkylation sites (tertiary alicyclic amines) is 1. The quantitative estimate of drug-likeness (QED) is 0.360. The Morgan fingerprint density at radius 2 is 2.00 bits per heavy atom. The van der Waals surface area contributed by atoms with Crippen molar-refractivity contribution in [3.05, 3.63) is 29.1 Å². The largest absolute Gasteiger partial charge is 0.489 e. The number of ether oxygens (including phenoxy) is 1. The molecule has 1 saturated heterocycles. The standard InChI is InChI=1S/C26H37ClFNO2/c1-5-18-15-26(4,27)11-10-16(2)24(18)31-23-14-22(28)21(13-20(23)19-8-9-19)25(30)29-12-6-7-17(29)3/h13-14,16-19,24H,5-12,15H2,1-4H3. The molecule has 1 amide bonds. The lowest BCUT2D eigenvalue weighted by Gasteiger charge is -2.32. The van der Waals surface area contributed by atoms with Crippen LogP contribution in [0.3, 0.4) is 0 Å². The maximum absolute atomic E-state index is 15.2. The molecule has 0 N–H and O–H groups in total. The Bertz CT molecular complexity index is 822. The summed E-state index contributed by atoms with van der Waals surface area (Å²) in [7, 11) is 0. The number of rotatable bonds is 5. The van der Waals surface area contributed by atoms with Gasteiger partial charge >= 0.3 is 0 Å². The van der Waals surface area contributed by atoms with Crippen molar-refractivity contribution in [3.8, 4) is 5.75 Å². The molecule has 3 aliphatic rings. The molecule has 0 spiro atoms. The molecule has 2 saturated carbocycles. The van der Waals surface area contributed by atoms with Gasteiger partial charge in [0.25, 0.3) is 5.91 Å². The van der Waals surface area contributed by atoms with E-state index >= 15 is 4.39 Å². The molecular formula is C26H37ClFNO2. The molecule has 0 bridgehead atoms. The average molecular weight is 450 g/mol. The highest BCUT2D eigenvalue weighted by Gasteiger charge is 2.39. The molecule has 0 radical (unpaired) electrons. The van der Waals surface area contributed by atoms with Gasteiger partial charge in [0.2, 0.25) is 0 Å². The lowest BCUT2D eigenvalue weighted by molar-refractivity contribution is 0.0738.